The second kappa shape index (κ2) is 9.35. The van der Waals surface area contributed by atoms with Crippen molar-refractivity contribution in [3.63, 3.8) is 0 Å². The van der Waals surface area contributed by atoms with Gasteiger partial charge in [0.05, 0.1) is 6.54 Å². The third-order valence-corrected chi connectivity index (χ3v) is 4.95. The first-order chi connectivity index (χ1) is 14.4. The van der Waals surface area contributed by atoms with Crippen molar-refractivity contribution in [3.8, 4) is 0 Å². The molecule has 1 fully saturated rings. The minimum Gasteiger partial charge on any atom is -0.337 e. The van der Waals surface area contributed by atoms with Gasteiger partial charge in [0.1, 0.15) is 6.54 Å². The van der Waals surface area contributed by atoms with Crippen LogP contribution in [0, 0.1) is 6.92 Å². The summed E-state index contributed by atoms with van der Waals surface area (Å²) in [4.78, 5) is 53.5. The van der Waals surface area contributed by atoms with Crippen molar-refractivity contribution in [1.29, 1.82) is 0 Å². The third kappa shape index (κ3) is 4.74. The monoisotopic (exact) mass is 407 g/mol. The second-order valence-corrected chi connectivity index (χ2v) is 7.35. The third-order valence-electron chi connectivity index (χ3n) is 4.95. The molecule has 1 heterocycles. The summed E-state index contributed by atoms with van der Waals surface area (Å²) < 4.78 is 0. The molecule has 1 aliphatic heterocycles. The van der Waals surface area contributed by atoms with Gasteiger partial charge in [-0.25, -0.2) is 9.69 Å². The molecule has 156 valence electrons. The zero-order valence-corrected chi connectivity index (χ0v) is 17.2. The van der Waals surface area contributed by atoms with Crippen molar-refractivity contribution in [3.05, 3.63) is 71.3 Å². The van der Waals surface area contributed by atoms with E-state index in [1.54, 1.807) is 29.2 Å². The zero-order valence-electron chi connectivity index (χ0n) is 17.2. The van der Waals surface area contributed by atoms with Gasteiger partial charge < -0.3 is 4.90 Å². The molecular formula is C23H25N3O4. The lowest BCUT2D eigenvalue weighted by Crippen LogP contribution is -2.43. The molecule has 0 spiro atoms. The molecule has 0 aliphatic carbocycles. The van der Waals surface area contributed by atoms with Crippen LogP contribution in [0.2, 0.25) is 0 Å². The minimum atomic E-state index is -0.962. The maximum absolute atomic E-state index is 12.9. The fraction of sp³-hybridized carbons (Fsp3) is 0.304. The number of imide groups is 2. The van der Waals surface area contributed by atoms with E-state index in [-0.39, 0.29) is 12.5 Å². The number of aryl methyl sites for hydroxylation is 1. The maximum Gasteiger partial charge on any atom is 0.335 e. The Morgan fingerprint density at radius 1 is 0.867 bits per heavy atom. The van der Waals surface area contributed by atoms with E-state index in [2.05, 4.69) is 0 Å². The first-order valence-electron chi connectivity index (χ1n) is 9.95. The molecule has 5 amide bonds. The van der Waals surface area contributed by atoms with Gasteiger partial charge in [0.25, 0.3) is 0 Å². The van der Waals surface area contributed by atoms with Crippen molar-refractivity contribution < 1.29 is 19.2 Å². The van der Waals surface area contributed by atoms with Crippen molar-refractivity contribution in [1.82, 2.24) is 14.7 Å². The minimum absolute atomic E-state index is 0.00300. The standard InChI is InChI=1S/C23H25N3O4/c1-3-13-24(14-19-11-9-17(2)10-12-19)20(27)16-26-22(29)21(28)25(23(26)30)15-18-7-5-4-6-8-18/h4-12H,3,13-16H2,1-2H3. The lowest BCUT2D eigenvalue weighted by molar-refractivity contribution is -0.145. The van der Waals surface area contributed by atoms with E-state index in [1.807, 2.05) is 44.2 Å². The number of carbonyl (C=O) groups excluding carboxylic acids is 4. The van der Waals surface area contributed by atoms with Crippen LogP contribution < -0.4 is 0 Å². The summed E-state index contributed by atoms with van der Waals surface area (Å²) >= 11 is 0. The molecule has 7 nitrogen and oxygen atoms in total. The summed E-state index contributed by atoms with van der Waals surface area (Å²) in [5.74, 6) is -2.23. The summed E-state index contributed by atoms with van der Waals surface area (Å²) in [6.07, 6.45) is 0.735. The summed E-state index contributed by atoms with van der Waals surface area (Å²) in [6.45, 7) is 4.36. The van der Waals surface area contributed by atoms with Crippen molar-refractivity contribution in [2.24, 2.45) is 0 Å². The molecule has 0 bridgehead atoms. The van der Waals surface area contributed by atoms with E-state index < -0.39 is 24.4 Å². The fourth-order valence-electron chi connectivity index (χ4n) is 3.31. The van der Waals surface area contributed by atoms with E-state index in [4.69, 9.17) is 0 Å². The van der Waals surface area contributed by atoms with Gasteiger partial charge in [-0.05, 0) is 24.5 Å². The Morgan fingerprint density at radius 3 is 2.13 bits per heavy atom. The van der Waals surface area contributed by atoms with Crippen LogP contribution >= 0.6 is 0 Å². The van der Waals surface area contributed by atoms with Gasteiger partial charge in [0.15, 0.2) is 0 Å². The van der Waals surface area contributed by atoms with Gasteiger partial charge in [-0.15, -0.1) is 0 Å². The number of hydrogen-bond acceptors (Lipinski definition) is 4. The maximum atomic E-state index is 12.9. The van der Waals surface area contributed by atoms with Crippen LogP contribution in [0.5, 0.6) is 0 Å². The molecule has 0 unspecified atom stereocenters. The fourth-order valence-corrected chi connectivity index (χ4v) is 3.31. The first-order valence-corrected chi connectivity index (χ1v) is 9.95. The molecule has 0 aromatic heterocycles. The number of nitrogens with zero attached hydrogens (tertiary/aromatic N) is 3. The molecule has 2 aromatic rings. The SMILES string of the molecule is CCCN(Cc1ccc(C)cc1)C(=O)CN1C(=O)C(=O)N(Cc2ccccc2)C1=O. The van der Waals surface area contributed by atoms with Crippen molar-refractivity contribution in [2.75, 3.05) is 13.1 Å². The number of urea groups is 1. The molecule has 1 saturated heterocycles. The molecule has 0 radical (unpaired) electrons. The van der Waals surface area contributed by atoms with Gasteiger partial charge in [-0.2, -0.15) is 0 Å². The zero-order chi connectivity index (χ0) is 21.7. The van der Waals surface area contributed by atoms with Crippen LogP contribution in [0.25, 0.3) is 0 Å². The molecule has 30 heavy (non-hydrogen) atoms. The highest BCUT2D eigenvalue weighted by molar-refractivity contribution is 6.44. The molecule has 0 N–H and O–H groups in total. The highest BCUT2D eigenvalue weighted by atomic mass is 16.2. The van der Waals surface area contributed by atoms with Crippen LogP contribution in [0.3, 0.4) is 0 Å². The predicted octanol–water partition coefficient (Wildman–Crippen LogP) is 2.72. The number of rotatable bonds is 8. The van der Waals surface area contributed by atoms with E-state index in [9.17, 15) is 19.2 Å². The van der Waals surface area contributed by atoms with Gasteiger partial charge in [-0.3, -0.25) is 19.3 Å². The van der Waals surface area contributed by atoms with E-state index in [0.29, 0.717) is 13.1 Å². The van der Waals surface area contributed by atoms with Crippen LogP contribution in [0.15, 0.2) is 54.6 Å². The van der Waals surface area contributed by atoms with Gasteiger partial charge in [0, 0.05) is 13.1 Å². The quantitative estimate of drug-likeness (QED) is 0.498. The average Bonchev–Trinajstić information content (AvgIpc) is 2.94. The Hall–Kier alpha value is -3.48. The van der Waals surface area contributed by atoms with Crippen LogP contribution in [-0.4, -0.2) is 51.5 Å². The van der Waals surface area contributed by atoms with Gasteiger partial charge in [-0.1, -0.05) is 67.1 Å². The number of carbonyl (C=O) groups is 4. The molecule has 2 aromatic carbocycles. The Labute approximate surface area is 175 Å². The first kappa shape index (κ1) is 21.2. The smallest absolute Gasteiger partial charge is 0.335 e. The summed E-state index contributed by atoms with van der Waals surface area (Å²) in [6, 6.07) is 16.0. The Balaban J connectivity index is 1.70. The number of amides is 5. The molecule has 1 aliphatic rings. The second-order valence-electron chi connectivity index (χ2n) is 7.35. The van der Waals surface area contributed by atoms with E-state index >= 15 is 0 Å². The average molecular weight is 407 g/mol. The summed E-state index contributed by atoms with van der Waals surface area (Å²) in [7, 11) is 0. The van der Waals surface area contributed by atoms with Gasteiger partial charge >= 0.3 is 17.8 Å². The molecule has 3 rings (SSSR count). The van der Waals surface area contributed by atoms with Crippen LogP contribution in [-0.2, 0) is 27.5 Å². The van der Waals surface area contributed by atoms with Crippen LogP contribution in [0.1, 0.15) is 30.0 Å². The Bertz CT molecular complexity index is 941. The summed E-state index contributed by atoms with van der Waals surface area (Å²) in [5, 5.41) is 0. The topological polar surface area (TPSA) is 78.0 Å². The van der Waals surface area contributed by atoms with Crippen LogP contribution in [0.4, 0.5) is 4.79 Å². The molecule has 0 atom stereocenters. The molecular weight excluding hydrogens is 382 g/mol. The van der Waals surface area contributed by atoms with E-state index in [1.165, 1.54) is 0 Å². The van der Waals surface area contributed by atoms with Gasteiger partial charge in [0.2, 0.25) is 5.91 Å². The highest BCUT2D eigenvalue weighted by Crippen LogP contribution is 2.17. The summed E-state index contributed by atoms with van der Waals surface area (Å²) in [5.41, 5.74) is 2.81. The molecule has 7 heteroatoms. The lowest BCUT2D eigenvalue weighted by atomic mass is 10.1. The highest BCUT2D eigenvalue weighted by Gasteiger charge is 2.45. The molecule has 0 saturated carbocycles. The Kier molecular flexibility index (Phi) is 6.61. The largest absolute Gasteiger partial charge is 0.337 e. The number of benzene rings is 2. The Morgan fingerprint density at radius 2 is 1.50 bits per heavy atom. The van der Waals surface area contributed by atoms with E-state index in [0.717, 1.165) is 32.9 Å². The number of hydrogen-bond donors (Lipinski definition) is 0. The predicted molar refractivity (Wildman–Crippen MR) is 111 cm³/mol. The lowest BCUT2D eigenvalue weighted by Gasteiger charge is -2.24. The normalized spacial score (nSPS) is 13.9. The van der Waals surface area contributed by atoms with Crippen molar-refractivity contribution >= 4 is 23.8 Å². The van der Waals surface area contributed by atoms with Crippen molar-refractivity contribution in [2.45, 2.75) is 33.4 Å².